The highest BCUT2D eigenvalue weighted by atomic mass is 35.5. The smallest absolute Gasteiger partial charge is 0.238 e. The number of nitrogens with zero attached hydrogens (tertiary/aromatic N) is 1. The van der Waals surface area contributed by atoms with Gasteiger partial charge in [0.2, 0.25) is 6.04 Å². The minimum absolute atomic E-state index is 0. The first kappa shape index (κ1) is 12.4. The second-order valence-electron chi connectivity index (χ2n) is 3.31. The summed E-state index contributed by atoms with van der Waals surface area (Å²) in [6.45, 7) is 0. The first-order chi connectivity index (χ1) is 7.42. The molecule has 2 aromatic rings. The van der Waals surface area contributed by atoms with Crippen LogP contribution in [-0.4, -0.2) is 6.29 Å². The average Bonchev–Trinajstić information content (AvgIpc) is 2.33. The first-order valence-corrected chi connectivity index (χ1v) is 4.88. The molecular weight excluding hydrogens is 222 g/mol. The molecule has 0 aliphatic rings. The van der Waals surface area contributed by atoms with Gasteiger partial charge in [-0.2, -0.15) is 4.57 Å². The second kappa shape index (κ2) is 6.03. The molecule has 1 aromatic carbocycles. The number of carbonyl (C=O) groups excluding carboxylic acids is 1. The van der Waals surface area contributed by atoms with Gasteiger partial charge in [-0.15, -0.1) is 0 Å². The van der Waals surface area contributed by atoms with E-state index in [4.69, 9.17) is 0 Å². The summed E-state index contributed by atoms with van der Waals surface area (Å²) in [4.78, 5) is 11.1. The van der Waals surface area contributed by atoms with Gasteiger partial charge in [0.15, 0.2) is 18.7 Å². The summed E-state index contributed by atoms with van der Waals surface area (Å²) in [5.74, 6) is 0. The molecule has 3 heteroatoms. The molecule has 82 valence electrons. The Bertz CT molecular complexity index is 391. The van der Waals surface area contributed by atoms with Crippen molar-refractivity contribution in [2.24, 2.45) is 0 Å². The highest BCUT2D eigenvalue weighted by molar-refractivity contribution is 5.59. The highest BCUT2D eigenvalue weighted by Gasteiger charge is 2.18. The highest BCUT2D eigenvalue weighted by Crippen LogP contribution is 2.08. The molecule has 1 unspecified atom stereocenters. The predicted octanol–water partition coefficient (Wildman–Crippen LogP) is -1.23. The zero-order valence-corrected chi connectivity index (χ0v) is 9.42. The third-order valence-electron chi connectivity index (χ3n) is 2.33. The lowest BCUT2D eigenvalue weighted by Crippen LogP contribution is -3.00. The van der Waals surface area contributed by atoms with E-state index >= 15 is 0 Å². The van der Waals surface area contributed by atoms with Gasteiger partial charge in [-0.1, -0.05) is 36.4 Å². The molecule has 0 saturated heterocycles. The van der Waals surface area contributed by atoms with Crippen LogP contribution in [0.2, 0.25) is 0 Å². The maximum absolute atomic E-state index is 11.1. The molecule has 1 atom stereocenters. The lowest BCUT2D eigenvalue weighted by molar-refractivity contribution is -0.698. The molecule has 0 aliphatic heterocycles. The Balaban J connectivity index is 0.00000128. The van der Waals surface area contributed by atoms with Crippen molar-refractivity contribution >= 4 is 6.29 Å². The van der Waals surface area contributed by atoms with Crippen LogP contribution in [0, 0.1) is 0 Å². The fraction of sp³-hybridized carbons (Fsp3) is 0.0769. The lowest BCUT2D eigenvalue weighted by atomic mass is 10.1. The van der Waals surface area contributed by atoms with Gasteiger partial charge in [0.05, 0.1) is 0 Å². The van der Waals surface area contributed by atoms with E-state index in [0.29, 0.717) is 0 Å². The third kappa shape index (κ3) is 2.67. The molecule has 0 N–H and O–H groups in total. The second-order valence-corrected chi connectivity index (χ2v) is 3.31. The van der Waals surface area contributed by atoms with E-state index in [1.54, 1.807) is 0 Å². The third-order valence-corrected chi connectivity index (χ3v) is 2.33. The van der Waals surface area contributed by atoms with E-state index in [9.17, 15) is 4.79 Å². The van der Waals surface area contributed by atoms with Crippen molar-refractivity contribution in [3.8, 4) is 0 Å². The molecule has 0 bridgehead atoms. The quantitative estimate of drug-likeness (QED) is 0.480. The van der Waals surface area contributed by atoms with Gasteiger partial charge >= 0.3 is 0 Å². The Morgan fingerprint density at radius 2 is 1.50 bits per heavy atom. The molecular formula is C13H12ClNO. The van der Waals surface area contributed by atoms with Crippen LogP contribution in [0.5, 0.6) is 0 Å². The SMILES string of the molecule is O=CC(c1ccccc1)[n+]1ccccc1.[Cl-]. The van der Waals surface area contributed by atoms with E-state index in [1.807, 2.05) is 65.5 Å². The van der Waals surface area contributed by atoms with Crippen molar-refractivity contribution in [1.82, 2.24) is 0 Å². The number of carbonyl (C=O) groups is 1. The summed E-state index contributed by atoms with van der Waals surface area (Å²) < 4.78 is 1.89. The number of benzene rings is 1. The largest absolute Gasteiger partial charge is 1.00 e. The van der Waals surface area contributed by atoms with Crippen LogP contribution in [0.25, 0.3) is 0 Å². The summed E-state index contributed by atoms with van der Waals surface area (Å²) in [7, 11) is 0. The van der Waals surface area contributed by atoms with E-state index < -0.39 is 0 Å². The van der Waals surface area contributed by atoms with E-state index in [1.165, 1.54) is 0 Å². The van der Waals surface area contributed by atoms with Crippen LogP contribution < -0.4 is 17.0 Å². The maximum atomic E-state index is 11.1. The standard InChI is InChI=1S/C13H12NO.ClH/c15-11-13(12-7-3-1-4-8-12)14-9-5-2-6-10-14;/h1-11,13H;1H/q+1;/p-1. The zero-order chi connectivity index (χ0) is 10.5. The van der Waals surface area contributed by atoms with Gasteiger partial charge in [-0.3, -0.25) is 4.79 Å². The maximum Gasteiger partial charge on any atom is 0.238 e. The van der Waals surface area contributed by atoms with Gasteiger partial charge < -0.3 is 12.4 Å². The molecule has 16 heavy (non-hydrogen) atoms. The summed E-state index contributed by atoms with van der Waals surface area (Å²) in [6.07, 6.45) is 4.74. The fourth-order valence-electron chi connectivity index (χ4n) is 1.57. The Kier molecular flexibility index (Phi) is 4.67. The first-order valence-electron chi connectivity index (χ1n) is 4.88. The lowest BCUT2D eigenvalue weighted by Gasteiger charge is -2.04. The van der Waals surface area contributed by atoms with Gasteiger partial charge in [-0.05, 0) is 0 Å². The number of aldehydes is 1. The Labute approximate surface area is 101 Å². The van der Waals surface area contributed by atoms with E-state index in [-0.39, 0.29) is 18.4 Å². The van der Waals surface area contributed by atoms with Gasteiger partial charge in [0.1, 0.15) is 0 Å². The van der Waals surface area contributed by atoms with Crippen molar-refractivity contribution in [2.45, 2.75) is 6.04 Å². The molecule has 2 rings (SSSR count). The minimum atomic E-state index is -0.229. The number of hydrogen-bond donors (Lipinski definition) is 0. The van der Waals surface area contributed by atoms with Crippen molar-refractivity contribution in [1.29, 1.82) is 0 Å². The summed E-state index contributed by atoms with van der Waals surface area (Å²) in [5.41, 5.74) is 1.00. The number of rotatable bonds is 3. The molecule has 0 aliphatic carbocycles. The van der Waals surface area contributed by atoms with Crippen LogP contribution in [0.4, 0.5) is 0 Å². The molecule has 1 heterocycles. The normalized spacial score (nSPS) is 11.2. The summed E-state index contributed by atoms with van der Waals surface area (Å²) in [5, 5.41) is 0. The van der Waals surface area contributed by atoms with Crippen LogP contribution in [-0.2, 0) is 4.79 Å². The molecule has 0 spiro atoms. The number of halogens is 1. The zero-order valence-electron chi connectivity index (χ0n) is 8.66. The van der Waals surface area contributed by atoms with Crippen molar-refractivity contribution in [2.75, 3.05) is 0 Å². The molecule has 0 radical (unpaired) electrons. The fourth-order valence-corrected chi connectivity index (χ4v) is 1.57. The van der Waals surface area contributed by atoms with E-state index in [0.717, 1.165) is 11.8 Å². The Hall–Kier alpha value is -1.67. The van der Waals surface area contributed by atoms with Crippen molar-refractivity contribution < 1.29 is 21.8 Å². The van der Waals surface area contributed by atoms with Crippen LogP contribution in [0.1, 0.15) is 11.6 Å². The Morgan fingerprint density at radius 3 is 2.06 bits per heavy atom. The number of hydrogen-bond acceptors (Lipinski definition) is 1. The van der Waals surface area contributed by atoms with E-state index in [2.05, 4.69) is 0 Å². The monoisotopic (exact) mass is 233 g/mol. The Morgan fingerprint density at radius 1 is 0.938 bits per heavy atom. The topological polar surface area (TPSA) is 20.9 Å². The minimum Gasteiger partial charge on any atom is -1.00 e. The van der Waals surface area contributed by atoms with Gasteiger partial charge in [-0.25, -0.2) is 0 Å². The van der Waals surface area contributed by atoms with Crippen LogP contribution in [0.15, 0.2) is 60.9 Å². The van der Waals surface area contributed by atoms with Crippen LogP contribution in [0.3, 0.4) is 0 Å². The van der Waals surface area contributed by atoms with Crippen molar-refractivity contribution in [3.63, 3.8) is 0 Å². The van der Waals surface area contributed by atoms with Gasteiger partial charge in [0, 0.05) is 17.7 Å². The molecule has 0 fully saturated rings. The molecule has 2 nitrogen and oxygen atoms in total. The average molecular weight is 234 g/mol. The van der Waals surface area contributed by atoms with Crippen molar-refractivity contribution in [3.05, 3.63) is 66.5 Å². The summed E-state index contributed by atoms with van der Waals surface area (Å²) >= 11 is 0. The molecule has 0 saturated carbocycles. The molecule has 0 amide bonds. The number of pyridine rings is 1. The van der Waals surface area contributed by atoms with Gasteiger partial charge in [0.25, 0.3) is 0 Å². The van der Waals surface area contributed by atoms with Crippen LogP contribution >= 0.6 is 0 Å². The predicted molar refractivity (Wildman–Crippen MR) is 57.3 cm³/mol. The number of aromatic nitrogens is 1. The summed E-state index contributed by atoms with van der Waals surface area (Å²) in [6, 6.07) is 15.3. The molecule has 1 aromatic heterocycles.